The second-order valence-corrected chi connectivity index (χ2v) is 7.64. The minimum atomic E-state index is -4.53. The van der Waals surface area contributed by atoms with Gasteiger partial charge in [0.1, 0.15) is 11.5 Å². The topological polar surface area (TPSA) is 76.1 Å². The molecule has 3 aromatic rings. The number of fused-ring (bicyclic) bond motifs is 1. The van der Waals surface area contributed by atoms with E-state index < -0.39 is 11.9 Å². The molecule has 1 N–H and O–H groups in total. The Morgan fingerprint density at radius 3 is 2.67 bits per heavy atom. The second-order valence-electron chi connectivity index (χ2n) is 7.64. The van der Waals surface area contributed by atoms with Gasteiger partial charge in [-0.15, -0.1) is 0 Å². The van der Waals surface area contributed by atoms with Gasteiger partial charge >= 0.3 is 6.18 Å². The summed E-state index contributed by atoms with van der Waals surface area (Å²) in [4.78, 5) is 19.0. The average molecular weight is 418 g/mol. The van der Waals surface area contributed by atoms with Crippen molar-refractivity contribution >= 4 is 22.8 Å². The summed E-state index contributed by atoms with van der Waals surface area (Å²) >= 11 is 0. The number of pyridine rings is 2. The van der Waals surface area contributed by atoms with Crippen LogP contribution in [0.1, 0.15) is 25.1 Å². The van der Waals surface area contributed by atoms with Crippen LogP contribution >= 0.6 is 0 Å². The standard InChI is InChI=1S/C20H21F3N6O/c1-19(2)12-29(9-10-30-19)18-27-16-14(6-4-8-25-16)17(28-18)26-11-13-5-3-7-24-15(13)20(21,22)23/h3-8H,9-12H2,1-2H3,(H,25,26,27,28). The molecule has 4 rings (SSSR count). The van der Waals surface area contributed by atoms with Crippen LogP contribution in [0, 0.1) is 0 Å². The zero-order valence-corrected chi connectivity index (χ0v) is 16.6. The third-order valence-electron chi connectivity index (χ3n) is 4.77. The van der Waals surface area contributed by atoms with E-state index >= 15 is 0 Å². The second kappa shape index (κ2) is 7.67. The van der Waals surface area contributed by atoms with E-state index in [9.17, 15) is 13.2 Å². The Morgan fingerprint density at radius 2 is 1.90 bits per heavy atom. The number of halogens is 3. The molecule has 0 bridgehead atoms. The van der Waals surface area contributed by atoms with Crippen molar-refractivity contribution in [3.05, 3.63) is 47.9 Å². The summed E-state index contributed by atoms with van der Waals surface area (Å²) in [5.74, 6) is 0.881. The smallest absolute Gasteiger partial charge is 0.372 e. The van der Waals surface area contributed by atoms with Crippen LogP contribution in [0.2, 0.25) is 0 Å². The van der Waals surface area contributed by atoms with Crippen molar-refractivity contribution in [3.63, 3.8) is 0 Å². The Labute approximate surface area is 171 Å². The molecule has 3 aromatic heterocycles. The van der Waals surface area contributed by atoms with Gasteiger partial charge in [0.05, 0.1) is 17.6 Å². The summed E-state index contributed by atoms with van der Waals surface area (Å²) in [5, 5.41) is 3.66. The number of alkyl halides is 3. The van der Waals surface area contributed by atoms with E-state index in [-0.39, 0.29) is 17.7 Å². The van der Waals surface area contributed by atoms with Gasteiger partial charge in [0.25, 0.3) is 0 Å². The van der Waals surface area contributed by atoms with Gasteiger partial charge in [-0.25, -0.2) is 4.98 Å². The summed E-state index contributed by atoms with van der Waals surface area (Å²) in [5.41, 5.74) is -0.763. The molecule has 0 unspecified atom stereocenters. The maximum atomic E-state index is 13.3. The molecule has 0 atom stereocenters. The lowest BCUT2D eigenvalue weighted by molar-refractivity contribution is -0.141. The fourth-order valence-corrected chi connectivity index (χ4v) is 3.43. The van der Waals surface area contributed by atoms with Gasteiger partial charge in [0, 0.05) is 37.6 Å². The van der Waals surface area contributed by atoms with E-state index in [1.807, 2.05) is 18.7 Å². The summed E-state index contributed by atoms with van der Waals surface area (Å²) in [7, 11) is 0. The number of rotatable bonds is 4. The molecule has 4 heterocycles. The van der Waals surface area contributed by atoms with E-state index in [1.165, 1.54) is 12.1 Å². The number of morpholine rings is 1. The van der Waals surface area contributed by atoms with Crippen LogP contribution < -0.4 is 10.2 Å². The van der Waals surface area contributed by atoms with Crippen molar-refractivity contribution in [2.75, 3.05) is 29.9 Å². The van der Waals surface area contributed by atoms with E-state index in [4.69, 9.17) is 4.74 Å². The number of hydrogen-bond acceptors (Lipinski definition) is 7. The van der Waals surface area contributed by atoms with Crippen LogP contribution in [0.5, 0.6) is 0 Å². The molecular formula is C20H21F3N6O. The first-order valence-corrected chi connectivity index (χ1v) is 9.50. The molecule has 1 aliphatic rings. The summed E-state index contributed by atoms with van der Waals surface area (Å²) in [6, 6.07) is 6.40. The van der Waals surface area contributed by atoms with Crippen molar-refractivity contribution in [1.29, 1.82) is 0 Å². The van der Waals surface area contributed by atoms with E-state index in [0.29, 0.717) is 42.5 Å². The molecule has 0 aromatic carbocycles. The zero-order valence-electron chi connectivity index (χ0n) is 16.6. The fourth-order valence-electron chi connectivity index (χ4n) is 3.43. The molecule has 0 saturated carbocycles. The Morgan fingerprint density at radius 1 is 1.13 bits per heavy atom. The highest BCUT2D eigenvalue weighted by Crippen LogP contribution is 2.31. The summed E-state index contributed by atoms with van der Waals surface area (Å²) < 4.78 is 45.5. The molecule has 10 heteroatoms. The molecule has 1 fully saturated rings. The minimum absolute atomic E-state index is 0.0368. The highest BCUT2D eigenvalue weighted by atomic mass is 19.4. The molecule has 1 saturated heterocycles. The first-order chi connectivity index (χ1) is 14.2. The Kier molecular flexibility index (Phi) is 5.19. The summed E-state index contributed by atoms with van der Waals surface area (Å²) in [6.45, 7) is 5.62. The maximum absolute atomic E-state index is 13.3. The molecular weight excluding hydrogens is 397 g/mol. The molecule has 7 nitrogen and oxygen atoms in total. The average Bonchev–Trinajstić information content (AvgIpc) is 2.70. The normalized spacial score (nSPS) is 16.6. The van der Waals surface area contributed by atoms with Gasteiger partial charge < -0.3 is 15.0 Å². The molecule has 0 aliphatic carbocycles. The molecule has 30 heavy (non-hydrogen) atoms. The van der Waals surface area contributed by atoms with Crippen molar-refractivity contribution in [2.45, 2.75) is 32.2 Å². The van der Waals surface area contributed by atoms with Crippen LogP contribution in [0.25, 0.3) is 11.0 Å². The van der Waals surface area contributed by atoms with E-state index in [1.54, 1.807) is 18.3 Å². The third kappa shape index (κ3) is 4.28. The quantitative estimate of drug-likeness (QED) is 0.693. The van der Waals surface area contributed by atoms with Crippen LogP contribution in [-0.2, 0) is 17.5 Å². The van der Waals surface area contributed by atoms with Crippen LogP contribution in [0.4, 0.5) is 24.9 Å². The van der Waals surface area contributed by atoms with Gasteiger partial charge in [-0.05, 0) is 32.0 Å². The monoisotopic (exact) mass is 418 g/mol. The Bertz CT molecular complexity index is 1060. The SMILES string of the molecule is CC1(C)CN(c2nc(NCc3cccnc3C(F)(F)F)c3cccnc3n2)CCO1. The highest BCUT2D eigenvalue weighted by molar-refractivity contribution is 5.87. The van der Waals surface area contributed by atoms with E-state index in [0.717, 1.165) is 6.20 Å². The fraction of sp³-hybridized carbons (Fsp3) is 0.400. The molecule has 158 valence electrons. The number of hydrogen-bond donors (Lipinski definition) is 1. The third-order valence-corrected chi connectivity index (χ3v) is 4.77. The zero-order chi connectivity index (χ0) is 21.4. The molecule has 0 amide bonds. The predicted molar refractivity (Wildman–Crippen MR) is 106 cm³/mol. The van der Waals surface area contributed by atoms with Crippen LogP contribution in [0.15, 0.2) is 36.7 Å². The lowest BCUT2D eigenvalue weighted by Gasteiger charge is -2.38. The number of ether oxygens (including phenoxy) is 1. The van der Waals surface area contributed by atoms with Gasteiger partial charge in [0.2, 0.25) is 5.95 Å². The number of nitrogens with zero attached hydrogens (tertiary/aromatic N) is 5. The predicted octanol–water partition coefficient (Wildman–Crippen LogP) is 3.67. The van der Waals surface area contributed by atoms with Crippen molar-refractivity contribution in [1.82, 2.24) is 19.9 Å². The van der Waals surface area contributed by atoms with Gasteiger partial charge in [0.15, 0.2) is 5.65 Å². The number of nitrogens with one attached hydrogen (secondary N) is 1. The maximum Gasteiger partial charge on any atom is 0.433 e. The summed E-state index contributed by atoms with van der Waals surface area (Å²) in [6.07, 6.45) is -1.78. The first-order valence-electron chi connectivity index (χ1n) is 9.50. The highest BCUT2D eigenvalue weighted by Gasteiger charge is 2.35. The van der Waals surface area contributed by atoms with Gasteiger partial charge in [-0.1, -0.05) is 6.07 Å². The Hall–Kier alpha value is -3.01. The van der Waals surface area contributed by atoms with E-state index in [2.05, 4.69) is 25.3 Å². The largest absolute Gasteiger partial charge is 0.433 e. The molecule has 1 aliphatic heterocycles. The lowest BCUT2D eigenvalue weighted by Crippen LogP contribution is -2.49. The van der Waals surface area contributed by atoms with Gasteiger partial charge in [-0.3, -0.25) is 4.98 Å². The van der Waals surface area contributed by atoms with Crippen molar-refractivity contribution in [2.24, 2.45) is 0 Å². The van der Waals surface area contributed by atoms with Crippen molar-refractivity contribution in [3.8, 4) is 0 Å². The Balaban J connectivity index is 1.67. The van der Waals surface area contributed by atoms with Gasteiger partial charge in [-0.2, -0.15) is 23.1 Å². The minimum Gasteiger partial charge on any atom is -0.372 e. The number of anilines is 2. The molecule has 0 radical (unpaired) electrons. The first kappa shape index (κ1) is 20.3. The van der Waals surface area contributed by atoms with Crippen LogP contribution in [0.3, 0.4) is 0 Å². The number of aromatic nitrogens is 4. The molecule has 0 spiro atoms. The van der Waals surface area contributed by atoms with Crippen LogP contribution in [-0.4, -0.2) is 45.2 Å². The van der Waals surface area contributed by atoms with Crippen molar-refractivity contribution < 1.29 is 17.9 Å². The lowest BCUT2D eigenvalue weighted by atomic mass is 10.1.